The highest BCUT2D eigenvalue weighted by molar-refractivity contribution is 6.13. The normalized spacial score (nSPS) is 18.5. The summed E-state index contributed by atoms with van der Waals surface area (Å²) in [5.41, 5.74) is 4.51. The molecule has 138 valence electrons. The second-order valence-electron chi connectivity index (χ2n) is 7.15. The smallest absolute Gasteiger partial charge is 0.329 e. The first-order chi connectivity index (χ1) is 13.1. The van der Waals surface area contributed by atoms with Crippen molar-refractivity contribution >= 4 is 23.7 Å². The Morgan fingerprint density at radius 2 is 1.63 bits per heavy atom. The molecule has 0 saturated carbocycles. The summed E-state index contributed by atoms with van der Waals surface area (Å²) < 4.78 is 0. The second kappa shape index (κ2) is 7.27. The lowest BCUT2D eigenvalue weighted by molar-refractivity contribution is -0.123. The van der Waals surface area contributed by atoms with Gasteiger partial charge in [0.2, 0.25) is 0 Å². The number of imide groups is 1. The lowest BCUT2D eigenvalue weighted by atomic mass is 10.1. The van der Waals surface area contributed by atoms with Gasteiger partial charge in [0.1, 0.15) is 5.70 Å². The van der Waals surface area contributed by atoms with E-state index < -0.39 is 0 Å². The van der Waals surface area contributed by atoms with E-state index in [4.69, 9.17) is 0 Å². The molecule has 27 heavy (non-hydrogen) atoms. The minimum atomic E-state index is -0.375. The van der Waals surface area contributed by atoms with Gasteiger partial charge in [0.25, 0.3) is 5.91 Å². The first-order valence-electron chi connectivity index (χ1n) is 9.35. The van der Waals surface area contributed by atoms with Gasteiger partial charge in [-0.1, -0.05) is 42.0 Å². The molecule has 2 saturated heterocycles. The van der Waals surface area contributed by atoms with E-state index in [2.05, 4.69) is 22.3 Å². The van der Waals surface area contributed by atoms with Crippen LogP contribution in [0.4, 0.5) is 10.5 Å². The van der Waals surface area contributed by atoms with Crippen LogP contribution in [0.3, 0.4) is 0 Å². The molecule has 0 radical (unpaired) electrons. The topological polar surface area (TPSA) is 52.7 Å². The molecule has 2 aromatic rings. The summed E-state index contributed by atoms with van der Waals surface area (Å²) in [5, 5.41) is 2.69. The summed E-state index contributed by atoms with van der Waals surface area (Å²) >= 11 is 0. The number of hydrogen-bond acceptors (Lipinski definition) is 3. The van der Waals surface area contributed by atoms with Crippen LogP contribution in [0.15, 0.2) is 54.2 Å². The predicted molar refractivity (Wildman–Crippen MR) is 106 cm³/mol. The molecule has 0 aromatic heterocycles. The molecule has 2 fully saturated rings. The molecule has 4 rings (SSSR count). The fourth-order valence-corrected chi connectivity index (χ4v) is 3.51. The van der Waals surface area contributed by atoms with Crippen molar-refractivity contribution in [1.82, 2.24) is 10.2 Å². The molecule has 0 unspecified atom stereocenters. The van der Waals surface area contributed by atoms with Crippen molar-refractivity contribution in [2.45, 2.75) is 26.3 Å². The molecule has 2 aromatic carbocycles. The highest BCUT2D eigenvalue weighted by Crippen LogP contribution is 2.22. The summed E-state index contributed by atoms with van der Waals surface area (Å²) in [7, 11) is 0. The van der Waals surface area contributed by atoms with E-state index >= 15 is 0 Å². The van der Waals surface area contributed by atoms with Gasteiger partial charge in [-0.25, -0.2) is 4.79 Å². The number of rotatable bonds is 4. The van der Waals surface area contributed by atoms with E-state index in [1.807, 2.05) is 43.3 Å². The van der Waals surface area contributed by atoms with Crippen LogP contribution in [0, 0.1) is 6.92 Å². The number of carbonyl (C=O) groups is 2. The second-order valence-corrected chi connectivity index (χ2v) is 7.15. The van der Waals surface area contributed by atoms with Crippen LogP contribution in [0.2, 0.25) is 0 Å². The summed E-state index contributed by atoms with van der Waals surface area (Å²) in [6, 6.07) is 15.6. The summed E-state index contributed by atoms with van der Waals surface area (Å²) in [6.45, 7) is 4.48. The lowest BCUT2D eigenvalue weighted by Gasteiger charge is -2.17. The zero-order chi connectivity index (χ0) is 18.8. The Morgan fingerprint density at radius 3 is 2.30 bits per heavy atom. The Bertz CT molecular complexity index is 879. The maximum Gasteiger partial charge on any atom is 0.329 e. The van der Waals surface area contributed by atoms with E-state index in [1.54, 1.807) is 6.08 Å². The van der Waals surface area contributed by atoms with Gasteiger partial charge in [0.15, 0.2) is 0 Å². The van der Waals surface area contributed by atoms with Crippen LogP contribution in [0.25, 0.3) is 6.08 Å². The molecular weight excluding hydrogens is 338 g/mol. The van der Waals surface area contributed by atoms with E-state index in [0.717, 1.165) is 29.8 Å². The van der Waals surface area contributed by atoms with Crippen molar-refractivity contribution in [3.8, 4) is 0 Å². The average Bonchev–Trinajstić information content (AvgIpc) is 3.29. The third-order valence-corrected chi connectivity index (χ3v) is 5.10. The van der Waals surface area contributed by atoms with E-state index in [-0.39, 0.29) is 18.5 Å². The molecule has 0 spiro atoms. The standard InChI is InChI=1S/C22H23N3O2/c1-16-4-6-18(7-5-16)15-25-21(26)20(23-22(25)27)14-17-8-10-19(11-9-17)24-12-2-3-13-24/h4-11,14H,2-3,12-13,15H2,1H3,(H,23,27)/b20-14+. The van der Waals surface area contributed by atoms with Gasteiger partial charge in [0.05, 0.1) is 6.54 Å². The van der Waals surface area contributed by atoms with Gasteiger partial charge < -0.3 is 10.2 Å². The van der Waals surface area contributed by atoms with E-state index in [1.165, 1.54) is 23.4 Å². The van der Waals surface area contributed by atoms with Crippen LogP contribution >= 0.6 is 0 Å². The SMILES string of the molecule is Cc1ccc(CN2C(=O)N/C(=C/c3ccc(N4CCCC4)cc3)C2=O)cc1. The minimum Gasteiger partial charge on any atom is -0.372 e. The molecule has 0 bridgehead atoms. The fourth-order valence-electron chi connectivity index (χ4n) is 3.51. The van der Waals surface area contributed by atoms with Gasteiger partial charge in [0, 0.05) is 18.8 Å². The van der Waals surface area contributed by atoms with Crippen LogP contribution in [-0.4, -0.2) is 29.9 Å². The van der Waals surface area contributed by atoms with Crippen LogP contribution in [-0.2, 0) is 11.3 Å². The van der Waals surface area contributed by atoms with Crippen molar-refractivity contribution in [2.75, 3.05) is 18.0 Å². The molecule has 1 N–H and O–H groups in total. The van der Waals surface area contributed by atoms with E-state index in [0.29, 0.717) is 5.70 Å². The Kier molecular flexibility index (Phi) is 4.67. The molecule has 0 atom stereocenters. The van der Waals surface area contributed by atoms with Crippen molar-refractivity contribution in [3.63, 3.8) is 0 Å². The highest BCUT2D eigenvalue weighted by Gasteiger charge is 2.33. The monoisotopic (exact) mass is 361 g/mol. The molecule has 5 nitrogen and oxygen atoms in total. The summed E-state index contributed by atoms with van der Waals surface area (Å²) in [6.07, 6.45) is 4.22. The van der Waals surface area contributed by atoms with Crippen molar-refractivity contribution in [1.29, 1.82) is 0 Å². The molecule has 2 aliphatic heterocycles. The molecule has 3 amide bonds. The maximum absolute atomic E-state index is 12.6. The van der Waals surface area contributed by atoms with Crippen molar-refractivity contribution < 1.29 is 9.59 Å². The number of urea groups is 1. The Morgan fingerprint density at radius 1 is 0.963 bits per heavy atom. The number of nitrogens with zero attached hydrogens (tertiary/aromatic N) is 2. The van der Waals surface area contributed by atoms with Crippen LogP contribution in [0.1, 0.15) is 29.5 Å². The zero-order valence-corrected chi connectivity index (χ0v) is 15.4. The summed E-state index contributed by atoms with van der Waals surface area (Å²) in [5.74, 6) is -0.288. The fraction of sp³-hybridized carbons (Fsp3) is 0.273. The molecular formula is C22H23N3O2. The predicted octanol–water partition coefficient (Wildman–Crippen LogP) is 3.69. The van der Waals surface area contributed by atoms with Gasteiger partial charge in [-0.05, 0) is 49.1 Å². The first kappa shape index (κ1) is 17.3. The Balaban J connectivity index is 1.48. The minimum absolute atomic E-state index is 0.274. The number of amides is 3. The highest BCUT2D eigenvalue weighted by atomic mass is 16.2. The number of anilines is 1. The largest absolute Gasteiger partial charge is 0.372 e. The average molecular weight is 361 g/mol. The van der Waals surface area contributed by atoms with Crippen molar-refractivity contribution in [2.24, 2.45) is 0 Å². The first-order valence-corrected chi connectivity index (χ1v) is 9.35. The zero-order valence-electron chi connectivity index (χ0n) is 15.4. The number of hydrogen-bond donors (Lipinski definition) is 1. The molecule has 5 heteroatoms. The number of carbonyl (C=O) groups excluding carboxylic acids is 2. The number of nitrogens with one attached hydrogen (secondary N) is 1. The van der Waals surface area contributed by atoms with Gasteiger partial charge in [-0.15, -0.1) is 0 Å². The number of benzene rings is 2. The maximum atomic E-state index is 12.6. The van der Waals surface area contributed by atoms with Crippen LogP contribution in [0.5, 0.6) is 0 Å². The Hall–Kier alpha value is -3.08. The number of aryl methyl sites for hydroxylation is 1. The van der Waals surface area contributed by atoms with Crippen molar-refractivity contribution in [3.05, 3.63) is 70.9 Å². The molecule has 2 aliphatic rings. The third-order valence-electron chi connectivity index (χ3n) is 5.10. The molecule has 0 aliphatic carbocycles. The molecule has 2 heterocycles. The van der Waals surface area contributed by atoms with Crippen LogP contribution < -0.4 is 10.2 Å². The third kappa shape index (κ3) is 3.72. The van der Waals surface area contributed by atoms with Gasteiger partial charge >= 0.3 is 6.03 Å². The Labute approximate surface area is 159 Å². The summed E-state index contributed by atoms with van der Waals surface area (Å²) in [4.78, 5) is 28.5. The quantitative estimate of drug-likeness (QED) is 0.667. The van der Waals surface area contributed by atoms with Gasteiger partial charge in [-0.3, -0.25) is 9.69 Å². The lowest BCUT2D eigenvalue weighted by Crippen LogP contribution is -2.30. The van der Waals surface area contributed by atoms with E-state index in [9.17, 15) is 9.59 Å². The van der Waals surface area contributed by atoms with Gasteiger partial charge in [-0.2, -0.15) is 0 Å².